The molecule has 64 heavy (non-hydrogen) atoms. The van der Waals surface area contributed by atoms with Crippen LogP contribution in [0.25, 0.3) is 16.8 Å². The fraction of sp³-hybridized carbons (Fsp3) is 0.367. The second kappa shape index (κ2) is 21.0. The number of nitrogens with zero attached hydrogens (tertiary/aromatic N) is 6. The Morgan fingerprint density at radius 1 is 0.844 bits per heavy atom. The van der Waals surface area contributed by atoms with Crippen LogP contribution >= 0.6 is 23.9 Å². The summed E-state index contributed by atoms with van der Waals surface area (Å²) in [5, 5.41) is 15.2. The Morgan fingerprint density at radius 2 is 1.59 bits per heavy atom. The molecule has 1 aromatic heterocycles. The molecular weight excluding hydrogens is 846 g/mol. The molecule has 0 radical (unpaired) electrons. The number of carbonyl (C=O) groups excluding carboxylic acids is 1. The molecule has 2 saturated heterocycles. The van der Waals surface area contributed by atoms with E-state index in [1.54, 1.807) is 24.3 Å². The lowest BCUT2D eigenvalue weighted by Gasteiger charge is -2.39. The minimum Gasteiger partial charge on any atom is -0.371 e. The average molecular weight is 904 g/mol. The summed E-state index contributed by atoms with van der Waals surface area (Å²) in [5.74, 6) is -0.365. The quantitative estimate of drug-likeness (QED) is 0.0433. The molecule has 2 aliphatic carbocycles. The number of hydrogen-bond donors (Lipinski definition) is 3. The van der Waals surface area contributed by atoms with Gasteiger partial charge in [-0.3, -0.25) is 14.9 Å². The zero-order valence-electron chi connectivity index (χ0n) is 36.9. The molecule has 1 amide bonds. The highest BCUT2D eigenvalue weighted by atomic mass is 32.2. The van der Waals surface area contributed by atoms with Crippen molar-refractivity contribution in [2.45, 2.75) is 43.9 Å². The van der Waals surface area contributed by atoms with Gasteiger partial charge in [-0.05, 0) is 154 Å². The Balaban J connectivity index is 0.899. The summed E-state index contributed by atoms with van der Waals surface area (Å²) in [7, 11) is 4.16. The molecule has 3 N–H and O–H groups in total. The second-order valence-corrected chi connectivity index (χ2v) is 18.5. The summed E-state index contributed by atoms with van der Waals surface area (Å²) in [6.45, 7) is 11.3. The topological polar surface area (TPSA) is 114 Å². The van der Waals surface area contributed by atoms with E-state index in [0.717, 1.165) is 140 Å². The highest BCUT2D eigenvalue weighted by Crippen LogP contribution is 2.40. The highest BCUT2D eigenvalue weighted by molar-refractivity contribution is 8.04. The Morgan fingerprint density at radius 3 is 2.31 bits per heavy atom. The number of hydrogen-bond acceptors (Lipinski definition) is 11. The van der Waals surface area contributed by atoms with Crippen LogP contribution < -0.4 is 19.7 Å². The number of anilines is 3. The molecule has 0 atom stereocenters. The zero-order chi connectivity index (χ0) is 44.6. The molecule has 15 heteroatoms. The van der Waals surface area contributed by atoms with Crippen LogP contribution in [0.3, 0.4) is 0 Å². The molecule has 0 spiro atoms. The molecular formula is C49H58FN9O3S2. The number of nitrogens with one attached hydrogen (secondary N) is 3. The van der Waals surface area contributed by atoms with Gasteiger partial charge in [-0.1, -0.05) is 24.3 Å². The lowest BCUT2D eigenvalue weighted by atomic mass is 9.91. The maximum atomic E-state index is 14.2. The van der Waals surface area contributed by atoms with E-state index < -0.39 is 0 Å². The van der Waals surface area contributed by atoms with Crippen molar-refractivity contribution < 1.29 is 14.1 Å². The van der Waals surface area contributed by atoms with Gasteiger partial charge >= 0.3 is 0 Å². The van der Waals surface area contributed by atoms with Crippen LogP contribution in [-0.2, 0) is 7.05 Å². The lowest BCUT2D eigenvalue weighted by molar-refractivity contribution is -0.384. The predicted molar refractivity (Wildman–Crippen MR) is 262 cm³/mol. The number of halogens is 1. The highest BCUT2D eigenvalue weighted by Gasteiger charge is 2.29. The normalized spacial score (nSPS) is 17.2. The molecule has 12 nitrogen and oxygen atoms in total. The summed E-state index contributed by atoms with van der Waals surface area (Å²) in [4.78, 5) is 37.2. The van der Waals surface area contributed by atoms with Gasteiger partial charge in [0.15, 0.2) is 0 Å². The fourth-order valence-corrected chi connectivity index (χ4v) is 10.2. The Hall–Kier alpha value is -5.48. The molecule has 8 rings (SSSR count). The van der Waals surface area contributed by atoms with Crippen molar-refractivity contribution in [3.63, 3.8) is 0 Å². The third kappa shape index (κ3) is 10.9. The van der Waals surface area contributed by atoms with E-state index >= 15 is 0 Å². The first-order valence-corrected chi connectivity index (χ1v) is 23.9. The molecule has 4 aromatic rings. The van der Waals surface area contributed by atoms with Crippen molar-refractivity contribution in [1.29, 1.82) is 0 Å². The third-order valence-electron chi connectivity index (χ3n) is 12.6. The molecule has 0 unspecified atom stereocenters. The molecule has 2 aliphatic heterocycles. The summed E-state index contributed by atoms with van der Waals surface area (Å²) < 4.78 is 22.8. The van der Waals surface area contributed by atoms with Crippen LogP contribution in [0.15, 0.2) is 113 Å². The van der Waals surface area contributed by atoms with Gasteiger partial charge in [0.05, 0.1) is 16.2 Å². The van der Waals surface area contributed by atoms with E-state index in [2.05, 4.69) is 82.4 Å². The number of nitro benzene ring substituents is 1. The number of amides is 1. The SMILES string of the molecule is Cc1c(C(=O)NCCCN2CCN(C)CC2)c(C2=CCCC(N3CCN(c4ccc(NSc5ccc(NSC6=CCCC=C6)c([N+](=O)[O-])c5)cc4)CC3)=C2)c(-c2ccc(F)cc2)n1C. The van der Waals surface area contributed by atoms with Crippen molar-refractivity contribution in [3.05, 3.63) is 140 Å². The number of aromatic nitrogens is 1. The number of nitro groups is 1. The van der Waals surface area contributed by atoms with Crippen LogP contribution in [0.4, 0.5) is 27.1 Å². The van der Waals surface area contributed by atoms with Crippen LogP contribution in [0.1, 0.15) is 53.7 Å². The van der Waals surface area contributed by atoms with E-state index in [1.165, 1.54) is 41.7 Å². The van der Waals surface area contributed by atoms with Crippen molar-refractivity contribution in [2.24, 2.45) is 7.05 Å². The largest absolute Gasteiger partial charge is 0.371 e. The van der Waals surface area contributed by atoms with Crippen molar-refractivity contribution in [3.8, 4) is 11.3 Å². The van der Waals surface area contributed by atoms with E-state index in [-0.39, 0.29) is 22.3 Å². The van der Waals surface area contributed by atoms with Gasteiger partial charge in [-0.2, -0.15) is 0 Å². The fourth-order valence-electron chi connectivity index (χ4n) is 8.78. The zero-order valence-corrected chi connectivity index (χ0v) is 38.6. The van der Waals surface area contributed by atoms with Gasteiger partial charge < -0.3 is 38.9 Å². The molecule has 3 heterocycles. The molecule has 2 fully saturated rings. The van der Waals surface area contributed by atoms with Gasteiger partial charge in [-0.25, -0.2) is 4.39 Å². The lowest BCUT2D eigenvalue weighted by Crippen LogP contribution is -2.46. The summed E-state index contributed by atoms with van der Waals surface area (Å²) in [6.07, 6.45) is 15.5. The van der Waals surface area contributed by atoms with Gasteiger partial charge in [0, 0.05) is 110 Å². The van der Waals surface area contributed by atoms with Crippen molar-refractivity contribution >= 4 is 58.1 Å². The number of carbonyl (C=O) groups is 1. The summed E-state index contributed by atoms with van der Waals surface area (Å²) in [5.41, 5.74) is 9.09. The number of rotatable bonds is 16. The minimum absolute atomic E-state index is 0.0328. The number of benzene rings is 3. The maximum Gasteiger partial charge on any atom is 0.294 e. The first-order valence-electron chi connectivity index (χ1n) is 22.3. The van der Waals surface area contributed by atoms with Gasteiger partial charge in [0.1, 0.15) is 11.5 Å². The van der Waals surface area contributed by atoms with Crippen LogP contribution in [0, 0.1) is 22.9 Å². The second-order valence-electron chi connectivity index (χ2n) is 16.8. The summed E-state index contributed by atoms with van der Waals surface area (Å²) >= 11 is 2.73. The molecule has 4 aliphatic rings. The molecule has 3 aromatic carbocycles. The first-order chi connectivity index (χ1) is 31.1. The van der Waals surface area contributed by atoms with Crippen molar-refractivity contribution in [1.82, 2.24) is 24.6 Å². The van der Waals surface area contributed by atoms with E-state index in [0.29, 0.717) is 17.8 Å². The Kier molecular flexibility index (Phi) is 14.8. The minimum atomic E-state index is -0.349. The number of likely N-dealkylation sites (N-methyl/N-ethyl adjacent to an activating group) is 1. The monoisotopic (exact) mass is 903 g/mol. The van der Waals surface area contributed by atoms with Gasteiger partial charge in [0.2, 0.25) is 0 Å². The van der Waals surface area contributed by atoms with Crippen LogP contribution in [0.5, 0.6) is 0 Å². The standard InChI is InChI=1S/C49H58FN9O3S2/c1-35-46(49(60)51-23-8-24-56-27-25-54(2)26-28-56)47(48(55(35)3)36-13-15-38(50)16-14-36)37-9-7-10-41(33-37)58-31-29-57(30-32-58)40-19-17-39(18-20-40)52-64-43-21-22-44(45(34-43)59(61)62)53-63-42-11-5-4-6-12-42/h5,9,11-22,33-34,52-53H,4,6-8,10,23-32H2,1-3H3,(H,51,60). The van der Waals surface area contributed by atoms with E-state index in [9.17, 15) is 19.3 Å². The smallest absolute Gasteiger partial charge is 0.294 e. The van der Waals surface area contributed by atoms with Gasteiger partial charge in [0.25, 0.3) is 11.6 Å². The maximum absolute atomic E-state index is 14.2. The predicted octanol–water partition coefficient (Wildman–Crippen LogP) is 9.71. The van der Waals surface area contributed by atoms with Gasteiger partial charge in [-0.15, -0.1) is 0 Å². The first kappa shape index (κ1) is 45.1. The van der Waals surface area contributed by atoms with E-state index in [1.807, 2.05) is 38.2 Å². The number of allylic oxidation sites excluding steroid dienone is 7. The molecule has 0 saturated carbocycles. The number of piperazine rings is 2. The van der Waals surface area contributed by atoms with Crippen LogP contribution in [0.2, 0.25) is 0 Å². The Labute approximate surface area is 384 Å². The third-order valence-corrected chi connectivity index (χ3v) is 14.2. The van der Waals surface area contributed by atoms with E-state index in [4.69, 9.17) is 0 Å². The van der Waals surface area contributed by atoms with Crippen molar-refractivity contribution in [2.75, 3.05) is 86.8 Å². The van der Waals surface area contributed by atoms with Crippen LogP contribution in [-0.4, -0.2) is 103 Å². The average Bonchev–Trinajstić information content (AvgIpc) is 3.59. The Bertz CT molecular complexity index is 2430. The molecule has 336 valence electrons. The summed E-state index contributed by atoms with van der Waals surface area (Å²) in [6, 6.07) is 20.1. The molecule has 0 bridgehead atoms.